The number of nitrogens with one attached hydrogen (secondary N) is 1. The highest BCUT2D eigenvalue weighted by atomic mass is 32.2. The van der Waals surface area contributed by atoms with E-state index in [-0.39, 0.29) is 16.4 Å². The van der Waals surface area contributed by atoms with Gasteiger partial charge in [0.15, 0.2) is 11.5 Å². The van der Waals surface area contributed by atoms with Crippen LogP contribution in [-0.4, -0.2) is 45.6 Å². The van der Waals surface area contributed by atoms with Crippen molar-refractivity contribution in [2.45, 2.75) is 31.8 Å². The molecule has 29 heavy (non-hydrogen) atoms. The second-order valence-electron chi connectivity index (χ2n) is 6.20. The van der Waals surface area contributed by atoms with Crippen molar-refractivity contribution in [2.24, 2.45) is 0 Å². The van der Waals surface area contributed by atoms with E-state index in [1.807, 2.05) is 0 Å². The number of hydrogen-bond donors (Lipinski definition) is 1. The lowest BCUT2D eigenvalue weighted by molar-refractivity contribution is -0.146. The number of benzene rings is 1. The first-order chi connectivity index (χ1) is 13.6. The number of aromatic nitrogens is 4. The van der Waals surface area contributed by atoms with Crippen LogP contribution in [0.1, 0.15) is 25.2 Å². The summed E-state index contributed by atoms with van der Waals surface area (Å²) >= 11 is 0. The van der Waals surface area contributed by atoms with Gasteiger partial charge in [-0.3, -0.25) is 0 Å². The summed E-state index contributed by atoms with van der Waals surface area (Å²) in [4.78, 5) is 0.118. The number of nitrogens with zero attached hydrogens (tertiary/aromatic N) is 5. The number of halogens is 3. The molecule has 1 aromatic carbocycles. The molecule has 1 N–H and O–H groups in total. The van der Waals surface area contributed by atoms with Crippen LogP contribution in [0.3, 0.4) is 0 Å². The summed E-state index contributed by atoms with van der Waals surface area (Å²) in [6.45, 7) is 5.81. The molecule has 0 radical (unpaired) electrons. The summed E-state index contributed by atoms with van der Waals surface area (Å²) in [6.07, 6.45) is -4.71. The van der Waals surface area contributed by atoms with Crippen LogP contribution in [0.2, 0.25) is 0 Å². The van der Waals surface area contributed by atoms with Crippen molar-refractivity contribution in [3.8, 4) is 0 Å². The minimum absolute atomic E-state index is 0.0587. The maximum Gasteiger partial charge on any atom is 0.453 e. The lowest BCUT2D eigenvalue weighted by atomic mass is 10.2. The van der Waals surface area contributed by atoms with Crippen LogP contribution in [0, 0.1) is 6.92 Å². The molecule has 0 amide bonds. The molecule has 2 heterocycles. The zero-order valence-corrected chi connectivity index (χ0v) is 16.7. The summed E-state index contributed by atoms with van der Waals surface area (Å²) in [5, 5.41) is 13.3. The first-order valence-electron chi connectivity index (χ1n) is 8.75. The van der Waals surface area contributed by atoms with E-state index in [1.54, 1.807) is 32.9 Å². The predicted octanol–water partition coefficient (Wildman–Crippen LogP) is 3.23. The van der Waals surface area contributed by atoms with Crippen molar-refractivity contribution >= 4 is 27.2 Å². The minimum Gasteiger partial charge on any atom is -0.339 e. The molecule has 0 bridgehead atoms. The first-order valence-corrected chi connectivity index (χ1v) is 10.2. The van der Waals surface area contributed by atoms with Gasteiger partial charge in [0.05, 0.1) is 4.90 Å². The number of aryl methyl sites for hydroxylation is 1. The summed E-state index contributed by atoms with van der Waals surface area (Å²) < 4.78 is 66.7. The molecule has 0 aliphatic rings. The average molecular weight is 428 g/mol. The van der Waals surface area contributed by atoms with Gasteiger partial charge in [0.1, 0.15) is 0 Å². The van der Waals surface area contributed by atoms with Crippen LogP contribution in [0.15, 0.2) is 35.2 Å². The van der Waals surface area contributed by atoms with Gasteiger partial charge in [0.2, 0.25) is 10.0 Å². The molecular formula is C17H19F3N6O2S. The molecule has 0 saturated carbocycles. The molecule has 0 aliphatic carbocycles. The Hall–Kier alpha value is -2.73. The molecular weight excluding hydrogens is 409 g/mol. The Labute approximate surface area is 165 Å². The maximum absolute atomic E-state index is 13.0. The molecule has 156 valence electrons. The number of anilines is 2. The molecule has 8 nitrogen and oxygen atoms in total. The van der Waals surface area contributed by atoms with E-state index in [2.05, 4.69) is 20.6 Å². The van der Waals surface area contributed by atoms with Gasteiger partial charge in [-0.2, -0.15) is 22.0 Å². The van der Waals surface area contributed by atoms with Gasteiger partial charge in [0.25, 0.3) is 5.82 Å². The topological polar surface area (TPSA) is 92.5 Å². The van der Waals surface area contributed by atoms with Gasteiger partial charge in [0, 0.05) is 18.8 Å². The third-order valence-electron chi connectivity index (χ3n) is 4.30. The Balaban J connectivity index is 1.99. The molecule has 0 aliphatic heterocycles. The Kier molecular flexibility index (Phi) is 5.50. The van der Waals surface area contributed by atoms with Crippen molar-refractivity contribution in [1.82, 2.24) is 24.1 Å². The number of hydrogen-bond acceptors (Lipinski definition) is 6. The Morgan fingerprint density at radius 3 is 2.41 bits per heavy atom. The second kappa shape index (κ2) is 7.59. The van der Waals surface area contributed by atoms with E-state index >= 15 is 0 Å². The van der Waals surface area contributed by atoms with E-state index in [0.717, 1.165) is 0 Å². The smallest absolute Gasteiger partial charge is 0.339 e. The molecule has 0 unspecified atom stereocenters. The number of sulfonamides is 1. The van der Waals surface area contributed by atoms with Crippen LogP contribution < -0.4 is 5.32 Å². The number of alkyl halides is 3. The van der Waals surface area contributed by atoms with Crippen LogP contribution in [0.4, 0.5) is 24.7 Å². The Morgan fingerprint density at radius 2 is 1.79 bits per heavy atom. The predicted molar refractivity (Wildman–Crippen MR) is 100 cm³/mol. The van der Waals surface area contributed by atoms with Gasteiger partial charge < -0.3 is 5.32 Å². The largest absolute Gasteiger partial charge is 0.453 e. The first kappa shape index (κ1) is 21.0. The van der Waals surface area contributed by atoms with E-state index in [0.29, 0.717) is 28.9 Å². The fourth-order valence-corrected chi connectivity index (χ4v) is 4.55. The van der Waals surface area contributed by atoms with Gasteiger partial charge in [-0.05, 0) is 36.8 Å². The summed E-state index contributed by atoms with van der Waals surface area (Å²) in [5.74, 6) is -1.16. The third-order valence-corrected chi connectivity index (χ3v) is 6.49. The highest BCUT2D eigenvalue weighted by Gasteiger charge is 2.37. The summed E-state index contributed by atoms with van der Waals surface area (Å²) in [5.41, 5.74) is 0.871. The highest BCUT2D eigenvalue weighted by molar-refractivity contribution is 7.89. The SMILES string of the molecule is CCN(CC)S(=O)(=O)c1cc(Nc2ccc3nnc(C(F)(F)F)n3n2)ccc1C. The fourth-order valence-electron chi connectivity index (χ4n) is 2.84. The van der Waals surface area contributed by atoms with Crippen molar-refractivity contribution in [3.05, 3.63) is 41.7 Å². The van der Waals surface area contributed by atoms with Gasteiger partial charge in [-0.1, -0.05) is 19.9 Å². The van der Waals surface area contributed by atoms with Crippen molar-refractivity contribution in [1.29, 1.82) is 0 Å². The average Bonchev–Trinajstić information content (AvgIpc) is 3.07. The Bertz CT molecular complexity index is 1140. The summed E-state index contributed by atoms with van der Waals surface area (Å²) in [7, 11) is -3.70. The zero-order valence-electron chi connectivity index (χ0n) is 15.9. The van der Waals surface area contributed by atoms with Crippen LogP contribution >= 0.6 is 0 Å². The van der Waals surface area contributed by atoms with Gasteiger partial charge in [-0.15, -0.1) is 15.3 Å². The monoisotopic (exact) mass is 428 g/mol. The van der Waals surface area contributed by atoms with Crippen LogP contribution in [0.25, 0.3) is 5.65 Å². The minimum atomic E-state index is -4.71. The maximum atomic E-state index is 13.0. The van der Waals surface area contributed by atoms with Crippen LogP contribution in [-0.2, 0) is 16.2 Å². The number of fused-ring (bicyclic) bond motifs is 1. The third kappa shape index (κ3) is 4.03. The second-order valence-corrected chi connectivity index (χ2v) is 8.11. The molecule has 0 saturated heterocycles. The quantitative estimate of drug-likeness (QED) is 0.648. The molecule has 2 aromatic heterocycles. The van der Waals surface area contributed by atoms with Crippen molar-refractivity contribution in [2.75, 3.05) is 18.4 Å². The zero-order chi connectivity index (χ0) is 21.4. The molecule has 0 fully saturated rings. The lowest BCUT2D eigenvalue weighted by Gasteiger charge is -2.20. The van der Waals surface area contributed by atoms with E-state index in [9.17, 15) is 21.6 Å². The van der Waals surface area contributed by atoms with Gasteiger partial charge >= 0.3 is 6.18 Å². The highest BCUT2D eigenvalue weighted by Crippen LogP contribution is 2.28. The number of rotatable bonds is 6. The van der Waals surface area contributed by atoms with E-state index in [4.69, 9.17) is 0 Å². The van der Waals surface area contributed by atoms with Crippen molar-refractivity contribution < 1.29 is 21.6 Å². The summed E-state index contributed by atoms with van der Waals surface area (Å²) in [6, 6.07) is 7.45. The van der Waals surface area contributed by atoms with Crippen molar-refractivity contribution in [3.63, 3.8) is 0 Å². The Morgan fingerprint density at radius 1 is 1.10 bits per heavy atom. The standard InChI is InChI=1S/C17H19F3N6O2S/c1-4-25(5-2)29(27,28)13-10-12(7-6-11(13)3)21-14-8-9-15-22-23-16(17(18,19)20)26(15)24-14/h6-10H,4-5H2,1-3H3,(H,21,24). The molecule has 3 aromatic rings. The fraction of sp³-hybridized carbons (Fsp3) is 0.353. The molecule has 0 spiro atoms. The molecule has 3 rings (SSSR count). The van der Waals surface area contributed by atoms with Gasteiger partial charge in [-0.25, -0.2) is 8.42 Å². The van der Waals surface area contributed by atoms with Crippen LogP contribution in [0.5, 0.6) is 0 Å². The molecule has 12 heteroatoms. The normalized spacial score (nSPS) is 12.7. The van der Waals surface area contributed by atoms with E-state index in [1.165, 1.54) is 22.5 Å². The molecule has 0 atom stereocenters. The van der Waals surface area contributed by atoms with E-state index < -0.39 is 22.0 Å². The lowest BCUT2D eigenvalue weighted by Crippen LogP contribution is -2.31.